The van der Waals surface area contributed by atoms with Gasteiger partial charge in [0.2, 0.25) is 10.0 Å². The number of rotatable bonds is 8. The highest BCUT2D eigenvalue weighted by Crippen LogP contribution is 2.12. The molecule has 8 heteroatoms. The summed E-state index contributed by atoms with van der Waals surface area (Å²) in [6.45, 7) is 2.76. The van der Waals surface area contributed by atoms with Gasteiger partial charge in [0.1, 0.15) is 0 Å². The van der Waals surface area contributed by atoms with E-state index in [0.29, 0.717) is 19.5 Å². The van der Waals surface area contributed by atoms with Gasteiger partial charge in [-0.05, 0) is 18.9 Å². The number of sulfonamides is 1. The summed E-state index contributed by atoms with van der Waals surface area (Å²) >= 11 is 0. The van der Waals surface area contributed by atoms with Gasteiger partial charge >= 0.3 is 6.03 Å². The summed E-state index contributed by atoms with van der Waals surface area (Å²) in [6, 6.07) is 7.05. The standard InChI is InChI=1S/C15H25N3O4S/c1-12-5-7-13(8-6-12)14(19)11-17-15(20)16-9-4-10-18(2)23(3,21)22/h5-8,14,19H,4,9-11H2,1-3H3,(H2,16,17,20)/t14-/m1/s1. The summed E-state index contributed by atoms with van der Waals surface area (Å²) in [7, 11) is -1.69. The molecule has 0 bridgehead atoms. The fourth-order valence-corrected chi connectivity index (χ4v) is 2.29. The summed E-state index contributed by atoms with van der Waals surface area (Å²) in [6.07, 6.45) is 0.884. The van der Waals surface area contributed by atoms with Gasteiger partial charge in [0.05, 0.1) is 12.4 Å². The van der Waals surface area contributed by atoms with Gasteiger partial charge in [-0.3, -0.25) is 0 Å². The molecule has 0 heterocycles. The lowest BCUT2D eigenvalue weighted by atomic mass is 10.1. The van der Waals surface area contributed by atoms with Crippen molar-refractivity contribution in [3.8, 4) is 0 Å². The Morgan fingerprint density at radius 2 is 1.87 bits per heavy atom. The second-order valence-corrected chi connectivity index (χ2v) is 7.59. The highest BCUT2D eigenvalue weighted by Gasteiger charge is 2.11. The number of hydrogen-bond donors (Lipinski definition) is 3. The quantitative estimate of drug-likeness (QED) is 0.602. The zero-order valence-electron chi connectivity index (χ0n) is 13.7. The molecule has 0 aliphatic carbocycles. The van der Waals surface area contributed by atoms with Crippen molar-refractivity contribution in [3.63, 3.8) is 0 Å². The molecule has 0 radical (unpaired) electrons. The number of hydrogen-bond acceptors (Lipinski definition) is 4. The summed E-state index contributed by atoms with van der Waals surface area (Å²) in [5.74, 6) is 0. The van der Waals surface area contributed by atoms with Gasteiger partial charge < -0.3 is 15.7 Å². The first kappa shape index (κ1) is 19.4. The molecule has 130 valence electrons. The molecule has 0 saturated heterocycles. The minimum absolute atomic E-state index is 0.109. The normalized spacial score (nSPS) is 12.9. The van der Waals surface area contributed by atoms with E-state index in [1.165, 1.54) is 11.4 Å². The van der Waals surface area contributed by atoms with Crippen LogP contribution < -0.4 is 10.6 Å². The molecule has 0 aliphatic rings. The van der Waals surface area contributed by atoms with E-state index in [1.54, 1.807) is 0 Å². The molecule has 0 spiro atoms. The number of benzene rings is 1. The minimum atomic E-state index is -3.19. The van der Waals surface area contributed by atoms with Gasteiger partial charge in [-0.2, -0.15) is 0 Å². The van der Waals surface area contributed by atoms with E-state index in [1.807, 2.05) is 31.2 Å². The van der Waals surface area contributed by atoms with Gasteiger partial charge in [-0.15, -0.1) is 0 Å². The topological polar surface area (TPSA) is 98.7 Å². The van der Waals surface area contributed by atoms with E-state index in [0.717, 1.165) is 17.4 Å². The molecule has 1 aromatic rings. The number of aliphatic hydroxyl groups is 1. The predicted octanol–water partition coefficient (Wildman–Crippen LogP) is 0.609. The van der Waals surface area contributed by atoms with E-state index in [-0.39, 0.29) is 6.54 Å². The number of urea groups is 1. The smallest absolute Gasteiger partial charge is 0.314 e. The van der Waals surface area contributed by atoms with E-state index in [2.05, 4.69) is 10.6 Å². The fraction of sp³-hybridized carbons (Fsp3) is 0.533. The van der Waals surface area contributed by atoms with Crippen molar-refractivity contribution >= 4 is 16.1 Å². The summed E-state index contributed by atoms with van der Waals surface area (Å²) in [5.41, 5.74) is 1.84. The van der Waals surface area contributed by atoms with Crippen LogP contribution in [0.5, 0.6) is 0 Å². The van der Waals surface area contributed by atoms with Gasteiger partial charge in [0.25, 0.3) is 0 Å². The number of aliphatic hydroxyl groups excluding tert-OH is 1. The van der Waals surface area contributed by atoms with Crippen molar-refractivity contribution < 1.29 is 18.3 Å². The molecule has 0 aliphatic heterocycles. The molecule has 1 aromatic carbocycles. The highest BCUT2D eigenvalue weighted by molar-refractivity contribution is 7.88. The van der Waals surface area contributed by atoms with E-state index < -0.39 is 22.2 Å². The molecule has 1 atom stereocenters. The van der Waals surface area contributed by atoms with Crippen LogP contribution in [0.1, 0.15) is 23.7 Å². The van der Waals surface area contributed by atoms with Crippen LogP contribution >= 0.6 is 0 Å². The van der Waals surface area contributed by atoms with Gasteiger partial charge in [-0.25, -0.2) is 17.5 Å². The van der Waals surface area contributed by atoms with Gasteiger partial charge in [0, 0.05) is 26.7 Å². The Labute approximate surface area is 137 Å². The lowest BCUT2D eigenvalue weighted by molar-refractivity contribution is 0.173. The molecule has 2 amide bonds. The molecular formula is C15H25N3O4S. The van der Waals surface area contributed by atoms with Gasteiger partial charge in [0.15, 0.2) is 0 Å². The van der Waals surface area contributed by atoms with Crippen molar-refractivity contribution in [1.82, 2.24) is 14.9 Å². The monoisotopic (exact) mass is 343 g/mol. The van der Waals surface area contributed by atoms with E-state index in [4.69, 9.17) is 0 Å². The number of carbonyl (C=O) groups is 1. The molecule has 0 saturated carbocycles. The first-order valence-electron chi connectivity index (χ1n) is 7.38. The number of carbonyl (C=O) groups excluding carboxylic acids is 1. The third-order valence-corrected chi connectivity index (χ3v) is 4.73. The molecule has 0 aromatic heterocycles. The number of amides is 2. The zero-order valence-corrected chi connectivity index (χ0v) is 14.6. The highest BCUT2D eigenvalue weighted by atomic mass is 32.2. The molecule has 23 heavy (non-hydrogen) atoms. The maximum Gasteiger partial charge on any atom is 0.314 e. The largest absolute Gasteiger partial charge is 0.387 e. The summed E-state index contributed by atoms with van der Waals surface area (Å²) < 4.78 is 23.6. The molecular weight excluding hydrogens is 318 g/mol. The van der Waals surface area contributed by atoms with Crippen molar-refractivity contribution in [2.75, 3.05) is 32.9 Å². The van der Waals surface area contributed by atoms with Crippen molar-refractivity contribution in [3.05, 3.63) is 35.4 Å². The fourth-order valence-electron chi connectivity index (χ4n) is 1.83. The third kappa shape index (κ3) is 7.45. The SMILES string of the molecule is Cc1ccc([C@H](O)CNC(=O)NCCCN(C)S(C)(=O)=O)cc1. The Hall–Kier alpha value is -1.64. The minimum Gasteiger partial charge on any atom is -0.387 e. The van der Waals surface area contributed by atoms with Crippen LogP contribution in [0.2, 0.25) is 0 Å². The number of nitrogens with one attached hydrogen (secondary N) is 2. The molecule has 7 nitrogen and oxygen atoms in total. The second-order valence-electron chi connectivity index (χ2n) is 5.50. The van der Waals surface area contributed by atoms with Crippen LogP contribution in [-0.4, -0.2) is 56.8 Å². The summed E-state index contributed by atoms with van der Waals surface area (Å²) in [4.78, 5) is 11.6. The Kier molecular flexibility index (Phi) is 7.47. The van der Waals surface area contributed by atoms with Crippen molar-refractivity contribution in [2.45, 2.75) is 19.4 Å². The lowest BCUT2D eigenvalue weighted by Gasteiger charge is -2.15. The van der Waals surface area contributed by atoms with E-state index >= 15 is 0 Å². The van der Waals surface area contributed by atoms with Crippen LogP contribution in [-0.2, 0) is 10.0 Å². The Balaban J connectivity index is 2.23. The number of aryl methyl sites for hydroxylation is 1. The van der Waals surface area contributed by atoms with Crippen molar-refractivity contribution in [2.24, 2.45) is 0 Å². The first-order valence-corrected chi connectivity index (χ1v) is 9.22. The molecule has 3 N–H and O–H groups in total. The number of nitrogens with zero attached hydrogens (tertiary/aromatic N) is 1. The molecule has 0 unspecified atom stereocenters. The van der Waals surface area contributed by atoms with Crippen molar-refractivity contribution in [1.29, 1.82) is 0 Å². The van der Waals surface area contributed by atoms with Crippen LogP contribution in [0.3, 0.4) is 0 Å². The van der Waals surface area contributed by atoms with Crippen LogP contribution in [0, 0.1) is 6.92 Å². The van der Waals surface area contributed by atoms with Crippen LogP contribution in [0.15, 0.2) is 24.3 Å². The van der Waals surface area contributed by atoms with Crippen LogP contribution in [0.25, 0.3) is 0 Å². The average Bonchev–Trinajstić information content (AvgIpc) is 2.48. The zero-order chi connectivity index (χ0) is 17.5. The maximum atomic E-state index is 11.6. The third-order valence-electron chi connectivity index (χ3n) is 3.42. The molecule has 1 rings (SSSR count). The predicted molar refractivity (Wildman–Crippen MR) is 89.6 cm³/mol. The average molecular weight is 343 g/mol. The Bertz CT molecular complexity index is 602. The Morgan fingerprint density at radius 1 is 1.26 bits per heavy atom. The van der Waals surface area contributed by atoms with Crippen LogP contribution in [0.4, 0.5) is 4.79 Å². The lowest BCUT2D eigenvalue weighted by Crippen LogP contribution is -2.39. The maximum absolute atomic E-state index is 11.6. The first-order chi connectivity index (χ1) is 10.7. The Morgan fingerprint density at radius 3 is 2.43 bits per heavy atom. The second kappa shape index (κ2) is 8.85. The van der Waals surface area contributed by atoms with E-state index in [9.17, 15) is 18.3 Å². The molecule has 0 fully saturated rings. The van der Waals surface area contributed by atoms with Gasteiger partial charge in [-0.1, -0.05) is 29.8 Å². The summed E-state index contributed by atoms with van der Waals surface area (Å²) in [5, 5.41) is 15.2.